The van der Waals surface area contributed by atoms with Gasteiger partial charge in [0, 0.05) is 55.8 Å². The number of benzene rings is 7. The van der Waals surface area contributed by atoms with E-state index in [1.165, 1.54) is 21.5 Å². The van der Waals surface area contributed by atoms with Crippen molar-refractivity contribution in [2.24, 2.45) is 0 Å². The molecule has 0 N–H and O–H groups in total. The molecule has 3 heterocycles. The van der Waals surface area contributed by atoms with Gasteiger partial charge in [-0.25, -0.2) is 0 Å². The number of hydrogen-bond acceptors (Lipinski definition) is 3. The van der Waals surface area contributed by atoms with Crippen molar-refractivity contribution in [2.75, 3.05) is 14.2 Å². The Hall–Kier alpha value is -6.97. The van der Waals surface area contributed by atoms with Crippen LogP contribution in [0.5, 0.6) is 11.5 Å². The number of ether oxygens (including phenoxy) is 2. The van der Waals surface area contributed by atoms with Gasteiger partial charge in [0.2, 0.25) is 0 Å². The van der Waals surface area contributed by atoms with Gasteiger partial charge in [-0.2, -0.15) is 5.26 Å². The quantitative estimate of drug-likeness (QED) is 0.185. The van der Waals surface area contributed by atoms with Gasteiger partial charge in [0.1, 0.15) is 17.2 Å². The van der Waals surface area contributed by atoms with E-state index in [0.29, 0.717) is 17.1 Å². The van der Waals surface area contributed by atoms with E-state index in [9.17, 15) is 5.26 Å². The van der Waals surface area contributed by atoms with Crippen LogP contribution in [-0.2, 0) is 0 Å². The molecule has 0 saturated carbocycles. The van der Waals surface area contributed by atoms with E-state index >= 15 is 0 Å². The summed E-state index contributed by atoms with van der Waals surface area (Å²) in [6, 6.07) is 53.5. The van der Waals surface area contributed by atoms with Gasteiger partial charge in [0.05, 0.1) is 59.0 Å². The van der Waals surface area contributed by atoms with Gasteiger partial charge in [-0.3, -0.25) is 0 Å². The molecule has 10 rings (SSSR count). The van der Waals surface area contributed by atoms with Gasteiger partial charge in [0.15, 0.2) is 0 Å². The lowest BCUT2D eigenvalue weighted by molar-refractivity contribution is 0.392. The van der Waals surface area contributed by atoms with Crippen LogP contribution in [0.25, 0.3) is 82.5 Å². The van der Waals surface area contributed by atoms with Gasteiger partial charge in [-0.05, 0) is 60.7 Å². The summed E-state index contributed by atoms with van der Waals surface area (Å²) in [5.74, 6) is 1.12. The van der Waals surface area contributed by atoms with Crippen molar-refractivity contribution in [3.05, 3.63) is 151 Å². The number of aromatic nitrogens is 3. The first-order valence-electron chi connectivity index (χ1n) is 16.9. The summed E-state index contributed by atoms with van der Waals surface area (Å²) in [4.78, 5) is 0. The molecule has 0 aliphatic carbocycles. The molecule has 7 aromatic carbocycles. The molecule has 0 bridgehead atoms. The number of para-hydroxylation sites is 4. The molecule has 0 unspecified atom stereocenters. The second-order valence-corrected chi connectivity index (χ2v) is 12.8. The predicted octanol–water partition coefficient (Wildman–Crippen LogP) is 10.9. The Morgan fingerprint density at radius 1 is 0.412 bits per heavy atom. The second kappa shape index (κ2) is 11.0. The molecule has 0 radical (unpaired) electrons. The molecule has 6 heteroatoms. The highest BCUT2D eigenvalue weighted by atomic mass is 16.5. The van der Waals surface area contributed by atoms with Crippen molar-refractivity contribution >= 4 is 65.4 Å². The SMILES string of the molecule is COc1cc(C#N)cc(OC)c1-n1c2ccc(-n3c4ccccc4c4ccccc43)cc2c2cc(-n3c4ccccc4c4ccccc43)ccc21. The molecule has 0 amide bonds. The molecule has 6 nitrogen and oxygen atoms in total. The van der Waals surface area contributed by atoms with Gasteiger partial charge < -0.3 is 23.2 Å². The molecule has 0 atom stereocenters. The summed E-state index contributed by atoms with van der Waals surface area (Å²) >= 11 is 0. The van der Waals surface area contributed by atoms with Crippen LogP contribution in [0.15, 0.2) is 146 Å². The van der Waals surface area contributed by atoms with Crippen molar-refractivity contribution in [3.63, 3.8) is 0 Å². The highest BCUT2D eigenvalue weighted by Gasteiger charge is 2.23. The first-order valence-corrected chi connectivity index (χ1v) is 16.9. The van der Waals surface area contributed by atoms with Crippen molar-refractivity contribution < 1.29 is 9.47 Å². The Morgan fingerprint density at radius 3 is 1.12 bits per heavy atom. The van der Waals surface area contributed by atoms with E-state index in [-0.39, 0.29) is 0 Å². The lowest BCUT2D eigenvalue weighted by Gasteiger charge is -2.17. The zero-order valence-electron chi connectivity index (χ0n) is 28.0. The Morgan fingerprint density at radius 2 is 0.765 bits per heavy atom. The molecule has 242 valence electrons. The number of nitriles is 1. The van der Waals surface area contributed by atoms with Crippen LogP contribution in [0.2, 0.25) is 0 Å². The zero-order chi connectivity index (χ0) is 34.2. The van der Waals surface area contributed by atoms with E-state index < -0.39 is 0 Å². The monoisotopic (exact) mass is 658 g/mol. The molecular weight excluding hydrogens is 629 g/mol. The number of nitrogens with zero attached hydrogens (tertiary/aromatic N) is 4. The molecule has 0 saturated heterocycles. The lowest BCUT2D eigenvalue weighted by atomic mass is 10.1. The van der Waals surface area contributed by atoms with Crippen molar-refractivity contribution in [2.45, 2.75) is 0 Å². The standard InChI is InChI=1S/C45H30N4O2/c1-50-43-23-28(27-46)24-44(51-2)45(43)49-41-21-19-29(47-37-15-7-3-11-31(37)32-12-4-8-16-38(32)47)25-35(41)36-26-30(20-22-42(36)49)48-39-17-9-5-13-33(39)34-14-6-10-18-40(34)48/h3-26H,1-2H3. The summed E-state index contributed by atoms with van der Waals surface area (Å²) in [6.45, 7) is 0. The minimum atomic E-state index is 0.468. The summed E-state index contributed by atoms with van der Waals surface area (Å²) in [6.07, 6.45) is 0. The van der Waals surface area contributed by atoms with Crippen LogP contribution in [0, 0.1) is 11.3 Å². The minimum Gasteiger partial charge on any atom is -0.494 e. The Balaban J connectivity index is 1.33. The molecular formula is C45H30N4O2. The fourth-order valence-electron chi connectivity index (χ4n) is 8.10. The van der Waals surface area contributed by atoms with Crippen molar-refractivity contribution in [1.82, 2.24) is 13.7 Å². The van der Waals surface area contributed by atoms with Crippen LogP contribution in [-0.4, -0.2) is 27.9 Å². The minimum absolute atomic E-state index is 0.468. The third-order valence-electron chi connectivity index (χ3n) is 10.2. The van der Waals surface area contributed by atoms with Crippen LogP contribution in [0.4, 0.5) is 0 Å². The third-order valence-corrected chi connectivity index (χ3v) is 10.2. The Bertz CT molecular complexity index is 2780. The smallest absolute Gasteiger partial charge is 0.148 e. The fraction of sp³-hybridized carbons (Fsp3) is 0.0444. The molecule has 0 aliphatic heterocycles. The van der Waals surface area contributed by atoms with Gasteiger partial charge in [-0.15, -0.1) is 0 Å². The summed E-state index contributed by atoms with van der Waals surface area (Å²) in [5, 5.41) is 16.9. The normalized spacial score (nSPS) is 11.7. The highest BCUT2D eigenvalue weighted by molar-refractivity contribution is 6.14. The maximum atomic E-state index is 9.81. The third kappa shape index (κ3) is 4.09. The number of fused-ring (bicyclic) bond motifs is 9. The molecule has 51 heavy (non-hydrogen) atoms. The molecule has 10 aromatic rings. The summed E-state index contributed by atoms with van der Waals surface area (Å²) in [5.41, 5.74) is 9.96. The van der Waals surface area contributed by atoms with E-state index in [1.807, 2.05) is 0 Å². The first-order chi connectivity index (χ1) is 25.2. The molecule has 0 fully saturated rings. The van der Waals surface area contributed by atoms with E-state index in [1.54, 1.807) is 26.4 Å². The van der Waals surface area contributed by atoms with E-state index in [0.717, 1.165) is 60.9 Å². The summed E-state index contributed by atoms with van der Waals surface area (Å²) < 4.78 is 18.8. The predicted molar refractivity (Wildman–Crippen MR) is 207 cm³/mol. The topological polar surface area (TPSA) is 57.0 Å². The maximum absolute atomic E-state index is 9.81. The maximum Gasteiger partial charge on any atom is 0.148 e. The van der Waals surface area contributed by atoms with Crippen LogP contribution in [0.3, 0.4) is 0 Å². The fourth-order valence-corrected chi connectivity index (χ4v) is 8.10. The summed E-state index contributed by atoms with van der Waals surface area (Å²) in [7, 11) is 3.27. The second-order valence-electron chi connectivity index (χ2n) is 12.8. The number of rotatable bonds is 5. The first kappa shape index (κ1) is 29.0. The van der Waals surface area contributed by atoms with E-state index in [4.69, 9.17) is 9.47 Å². The number of methoxy groups -OCH3 is 2. The van der Waals surface area contributed by atoms with Crippen LogP contribution in [0.1, 0.15) is 5.56 Å². The lowest BCUT2D eigenvalue weighted by Crippen LogP contribution is -2.03. The van der Waals surface area contributed by atoms with Gasteiger partial charge >= 0.3 is 0 Å². The highest BCUT2D eigenvalue weighted by Crippen LogP contribution is 2.43. The average molecular weight is 659 g/mol. The Labute approximate surface area is 293 Å². The van der Waals surface area contributed by atoms with Crippen molar-refractivity contribution in [3.8, 4) is 34.6 Å². The van der Waals surface area contributed by atoms with E-state index in [2.05, 4.69) is 153 Å². The van der Waals surface area contributed by atoms with Gasteiger partial charge in [-0.1, -0.05) is 72.8 Å². The largest absolute Gasteiger partial charge is 0.494 e. The molecule has 0 aliphatic rings. The van der Waals surface area contributed by atoms with Crippen molar-refractivity contribution in [1.29, 1.82) is 5.26 Å². The number of hydrogen-bond donors (Lipinski definition) is 0. The van der Waals surface area contributed by atoms with Crippen LogP contribution >= 0.6 is 0 Å². The average Bonchev–Trinajstić information content (AvgIpc) is 3.82. The zero-order valence-corrected chi connectivity index (χ0v) is 28.0. The molecule has 0 spiro atoms. The molecule has 3 aromatic heterocycles. The van der Waals surface area contributed by atoms with Gasteiger partial charge in [0.25, 0.3) is 0 Å². The van der Waals surface area contributed by atoms with Crippen LogP contribution < -0.4 is 9.47 Å². The Kier molecular flexibility index (Phi) is 6.27.